The smallest absolute Gasteiger partial charge is 0.264 e. The maximum Gasteiger partial charge on any atom is 0.264 e. The van der Waals surface area contributed by atoms with Crippen LogP contribution in [0.2, 0.25) is 0 Å². The molecule has 88 valence electrons. The zero-order valence-corrected chi connectivity index (χ0v) is 9.66. The number of nitrogens with one attached hydrogen (secondary N) is 1. The molecule has 0 saturated carbocycles. The Morgan fingerprint density at radius 1 is 1.31 bits per heavy atom. The van der Waals surface area contributed by atoms with Crippen LogP contribution in [0.5, 0.6) is 0 Å². The van der Waals surface area contributed by atoms with Crippen molar-refractivity contribution in [1.82, 2.24) is 10.2 Å². The number of hydrogen-bond donors (Lipinski definition) is 1. The van der Waals surface area contributed by atoms with Crippen molar-refractivity contribution >= 4 is 9.84 Å². The first-order valence-electron chi connectivity index (χ1n) is 5.30. The zero-order chi connectivity index (χ0) is 11.6. The average Bonchev–Trinajstić information content (AvgIpc) is 2.24. The van der Waals surface area contributed by atoms with Crippen LogP contribution in [0.25, 0.3) is 0 Å². The number of H-pyrrole nitrogens is 1. The third kappa shape index (κ3) is 2.91. The molecule has 1 aliphatic heterocycles. The van der Waals surface area contributed by atoms with Gasteiger partial charge in [-0.05, 0) is 31.2 Å². The Morgan fingerprint density at radius 3 is 2.56 bits per heavy atom. The Morgan fingerprint density at radius 2 is 2.00 bits per heavy atom. The highest BCUT2D eigenvalue weighted by atomic mass is 32.2. The lowest BCUT2D eigenvalue weighted by molar-refractivity contribution is 0.457. The van der Waals surface area contributed by atoms with E-state index in [0.717, 1.165) is 12.1 Å². The summed E-state index contributed by atoms with van der Waals surface area (Å²) in [6, 6.07) is 3.14. The molecule has 1 N–H and O–H groups in total. The largest absolute Gasteiger partial charge is 0.268 e. The lowest BCUT2D eigenvalue weighted by Crippen LogP contribution is -2.25. The molecule has 0 atom stereocenters. The Labute approximate surface area is 93.8 Å². The van der Waals surface area contributed by atoms with E-state index >= 15 is 0 Å². The molecule has 1 saturated heterocycles. The fourth-order valence-electron chi connectivity index (χ4n) is 1.93. The number of rotatable bonds is 2. The first-order chi connectivity index (χ1) is 7.55. The van der Waals surface area contributed by atoms with Gasteiger partial charge in [-0.3, -0.25) is 4.79 Å². The van der Waals surface area contributed by atoms with Crippen molar-refractivity contribution in [2.24, 2.45) is 5.92 Å². The highest BCUT2D eigenvalue weighted by Gasteiger charge is 2.23. The van der Waals surface area contributed by atoms with E-state index in [2.05, 4.69) is 10.2 Å². The van der Waals surface area contributed by atoms with Crippen LogP contribution in [0.3, 0.4) is 0 Å². The summed E-state index contributed by atoms with van der Waals surface area (Å²) in [7, 11) is -2.79. The van der Waals surface area contributed by atoms with E-state index in [0.29, 0.717) is 18.8 Å². The molecule has 0 amide bonds. The molecule has 16 heavy (non-hydrogen) atoms. The summed E-state index contributed by atoms with van der Waals surface area (Å²) in [5, 5.41) is 6.30. The first kappa shape index (κ1) is 11.3. The van der Waals surface area contributed by atoms with E-state index in [1.807, 2.05) is 0 Å². The van der Waals surface area contributed by atoms with Crippen LogP contribution in [-0.2, 0) is 16.3 Å². The predicted molar refractivity (Wildman–Crippen MR) is 59.9 cm³/mol. The van der Waals surface area contributed by atoms with Crippen molar-refractivity contribution in [3.05, 3.63) is 28.2 Å². The van der Waals surface area contributed by atoms with Gasteiger partial charge in [-0.25, -0.2) is 13.5 Å². The fourth-order valence-corrected chi connectivity index (χ4v) is 3.51. The van der Waals surface area contributed by atoms with Gasteiger partial charge in [0.1, 0.15) is 9.84 Å². The number of nitrogens with zero attached hydrogens (tertiary/aromatic N) is 1. The molecular formula is C10H14N2O3S. The van der Waals surface area contributed by atoms with Crippen molar-refractivity contribution in [2.45, 2.75) is 19.3 Å². The minimum Gasteiger partial charge on any atom is -0.268 e. The van der Waals surface area contributed by atoms with Crippen LogP contribution in [-0.4, -0.2) is 30.1 Å². The van der Waals surface area contributed by atoms with Gasteiger partial charge in [0, 0.05) is 6.07 Å². The topological polar surface area (TPSA) is 79.9 Å². The molecule has 0 bridgehead atoms. The van der Waals surface area contributed by atoms with Crippen LogP contribution in [0.15, 0.2) is 16.9 Å². The van der Waals surface area contributed by atoms with Crippen molar-refractivity contribution in [1.29, 1.82) is 0 Å². The summed E-state index contributed by atoms with van der Waals surface area (Å²) >= 11 is 0. The van der Waals surface area contributed by atoms with Gasteiger partial charge in [0.25, 0.3) is 5.56 Å². The first-order valence-corrected chi connectivity index (χ1v) is 7.12. The lowest BCUT2D eigenvalue weighted by Gasteiger charge is -2.21. The molecule has 2 rings (SSSR count). The molecule has 0 radical (unpaired) electrons. The maximum atomic E-state index is 11.2. The van der Waals surface area contributed by atoms with Gasteiger partial charge in [0.05, 0.1) is 17.2 Å². The van der Waals surface area contributed by atoms with E-state index in [9.17, 15) is 13.2 Å². The molecule has 6 heteroatoms. The summed E-state index contributed by atoms with van der Waals surface area (Å²) in [5.41, 5.74) is 0.610. The van der Waals surface area contributed by atoms with E-state index in [4.69, 9.17) is 0 Å². The third-order valence-corrected chi connectivity index (χ3v) is 4.62. The van der Waals surface area contributed by atoms with Gasteiger partial charge in [0.15, 0.2) is 0 Å². The normalized spacial score (nSPS) is 20.8. The fraction of sp³-hybridized carbons (Fsp3) is 0.600. The molecule has 0 spiro atoms. The number of sulfone groups is 1. The second-order valence-electron chi connectivity index (χ2n) is 4.21. The summed E-state index contributed by atoms with van der Waals surface area (Å²) < 4.78 is 22.5. The Bertz CT molecular complexity index is 487. The van der Waals surface area contributed by atoms with Gasteiger partial charge in [0.2, 0.25) is 0 Å². The van der Waals surface area contributed by atoms with Crippen LogP contribution in [0.4, 0.5) is 0 Å². The SMILES string of the molecule is O=c1ccc(CC2CCS(=O)(=O)CC2)n[nH]1. The van der Waals surface area contributed by atoms with Crippen LogP contribution >= 0.6 is 0 Å². The maximum absolute atomic E-state index is 11.2. The van der Waals surface area contributed by atoms with Crippen LogP contribution in [0, 0.1) is 5.92 Å². The predicted octanol–water partition coefficient (Wildman–Crippen LogP) is 0.137. The highest BCUT2D eigenvalue weighted by Crippen LogP contribution is 2.21. The highest BCUT2D eigenvalue weighted by molar-refractivity contribution is 7.91. The van der Waals surface area contributed by atoms with Crippen LogP contribution < -0.4 is 5.56 Å². The van der Waals surface area contributed by atoms with Gasteiger partial charge in [-0.2, -0.15) is 5.10 Å². The van der Waals surface area contributed by atoms with E-state index in [1.54, 1.807) is 6.07 Å². The molecule has 1 aromatic rings. The van der Waals surface area contributed by atoms with Crippen molar-refractivity contribution in [2.75, 3.05) is 11.5 Å². The van der Waals surface area contributed by atoms with E-state index < -0.39 is 9.84 Å². The number of aromatic amines is 1. The van der Waals surface area contributed by atoms with Crippen LogP contribution in [0.1, 0.15) is 18.5 Å². The third-order valence-electron chi connectivity index (χ3n) is 2.91. The van der Waals surface area contributed by atoms with Crippen molar-refractivity contribution < 1.29 is 8.42 Å². The summed E-state index contributed by atoms with van der Waals surface area (Å²) in [6.45, 7) is 0. The zero-order valence-electron chi connectivity index (χ0n) is 8.85. The van der Waals surface area contributed by atoms with E-state index in [1.165, 1.54) is 6.07 Å². The van der Waals surface area contributed by atoms with Crippen molar-refractivity contribution in [3.8, 4) is 0 Å². The molecule has 0 aromatic carbocycles. The molecule has 1 aromatic heterocycles. The Balaban J connectivity index is 1.97. The van der Waals surface area contributed by atoms with Crippen molar-refractivity contribution in [3.63, 3.8) is 0 Å². The van der Waals surface area contributed by atoms with Gasteiger partial charge >= 0.3 is 0 Å². The number of aromatic nitrogens is 2. The average molecular weight is 242 g/mol. The summed E-state index contributed by atoms with van der Waals surface area (Å²) in [6.07, 6.45) is 2.14. The van der Waals surface area contributed by atoms with Gasteiger partial charge in [-0.15, -0.1) is 0 Å². The quantitative estimate of drug-likeness (QED) is 0.799. The summed E-state index contributed by atoms with van der Waals surface area (Å²) in [4.78, 5) is 10.8. The second-order valence-corrected chi connectivity index (χ2v) is 6.52. The molecule has 1 aliphatic rings. The second kappa shape index (κ2) is 4.37. The lowest BCUT2D eigenvalue weighted by atomic mass is 9.97. The molecule has 0 unspecified atom stereocenters. The number of hydrogen-bond acceptors (Lipinski definition) is 4. The molecule has 0 aliphatic carbocycles. The summed E-state index contributed by atoms with van der Waals surface area (Å²) in [5.74, 6) is 0.920. The monoisotopic (exact) mass is 242 g/mol. The van der Waals surface area contributed by atoms with E-state index in [-0.39, 0.29) is 17.1 Å². The molecular weight excluding hydrogens is 228 g/mol. The molecule has 5 nitrogen and oxygen atoms in total. The Kier molecular flexibility index (Phi) is 3.09. The molecule has 1 fully saturated rings. The minimum absolute atomic E-state index is 0.213. The standard InChI is InChI=1S/C10H14N2O3S/c13-10-2-1-9(11-12-10)7-8-3-5-16(14,15)6-4-8/h1-2,8H,3-7H2,(H,12,13). The van der Waals surface area contributed by atoms with Gasteiger partial charge in [-0.1, -0.05) is 0 Å². The van der Waals surface area contributed by atoms with Gasteiger partial charge < -0.3 is 0 Å². The Hall–Kier alpha value is -1.17. The minimum atomic E-state index is -2.79. The molecule has 2 heterocycles.